The smallest absolute Gasteiger partial charge is 0.243 e. The van der Waals surface area contributed by atoms with E-state index in [1.807, 2.05) is 0 Å². The summed E-state index contributed by atoms with van der Waals surface area (Å²) in [6.45, 7) is 7.32. The van der Waals surface area contributed by atoms with Gasteiger partial charge in [-0.15, -0.1) is 0 Å². The van der Waals surface area contributed by atoms with Crippen LogP contribution in [-0.2, 0) is 10.0 Å². The predicted molar refractivity (Wildman–Crippen MR) is 81.0 cm³/mol. The Hall–Kier alpha value is -1.24. The molecule has 6 heteroatoms. The van der Waals surface area contributed by atoms with E-state index in [1.54, 1.807) is 0 Å². The number of nitrogens with zero attached hydrogens (tertiary/aromatic N) is 2. The van der Waals surface area contributed by atoms with Crippen molar-refractivity contribution in [1.29, 1.82) is 0 Å². The van der Waals surface area contributed by atoms with E-state index in [0.717, 1.165) is 6.54 Å². The van der Waals surface area contributed by atoms with E-state index in [9.17, 15) is 12.8 Å². The maximum Gasteiger partial charge on any atom is 0.243 e. The van der Waals surface area contributed by atoms with Crippen molar-refractivity contribution in [2.45, 2.75) is 18.7 Å². The molecule has 0 saturated carbocycles. The largest absolute Gasteiger partial charge is 0.297 e. The molecule has 0 aliphatic carbocycles. The zero-order valence-electron chi connectivity index (χ0n) is 12.4. The summed E-state index contributed by atoms with van der Waals surface area (Å²) in [7, 11) is -3.51. The van der Waals surface area contributed by atoms with Crippen molar-refractivity contribution in [3.8, 4) is 0 Å². The molecule has 1 fully saturated rings. The van der Waals surface area contributed by atoms with Crippen molar-refractivity contribution in [2.24, 2.45) is 0 Å². The Morgan fingerprint density at radius 1 is 1.14 bits per heavy atom. The van der Waals surface area contributed by atoms with Gasteiger partial charge < -0.3 is 0 Å². The van der Waals surface area contributed by atoms with E-state index in [0.29, 0.717) is 26.2 Å². The topological polar surface area (TPSA) is 40.6 Å². The number of halogens is 1. The average molecular weight is 312 g/mol. The fourth-order valence-electron chi connectivity index (χ4n) is 2.22. The number of benzene rings is 1. The summed E-state index contributed by atoms with van der Waals surface area (Å²) in [4.78, 5) is 2.38. The second kappa shape index (κ2) is 6.68. The molecule has 116 valence electrons. The summed E-state index contributed by atoms with van der Waals surface area (Å²) in [5.74, 6) is -0.430. The first-order chi connectivity index (χ1) is 9.89. The highest BCUT2D eigenvalue weighted by Crippen LogP contribution is 2.18. The molecule has 0 radical (unpaired) electrons. The predicted octanol–water partition coefficient (Wildman–Crippen LogP) is 2.10. The molecule has 1 aliphatic rings. The lowest BCUT2D eigenvalue weighted by Crippen LogP contribution is -2.48. The molecule has 0 amide bonds. The van der Waals surface area contributed by atoms with Gasteiger partial charge in [0.2, 0.25) is 10.0 Å². The highest BCUT2D eigenvalue weighted by atomic mass is 32.2. The van der Waals surface area contributed by atoms with Crippen molar-refractivity contribution >= 4 is 10.0 Å². The highest BCUT2D eigenvalue weighted by Gasteiger charge is 2.27. The second-order valence-electron chi connectivity index (χ2n) is 5.44. The molecule has 0 atom stereocenters. The molecule has 0 aromatic heterocycles. The van der Waals surface area contributed by atoms with Gasteiger partial charge in [0.25, 0.3) is 0 Å². The summed E-state index contributed by atoms with van der Waals surface area (Å²) in [5.41, 5.74) is 1.26. The zero-order chi connectivity index (χ0) is 15.5. The van der Waals surface area contributed by atoms with Crippen LogP contribution in [0, 0.1) is 5.82 Å². The van der Waals surface area contributed by atoms with Crippen LogP contribution in [0.15, 0.2) is 40.8 Å². The molecule has 21 heavy (non-hydrogen) atoms. The fraction of sp³-hybridized carbons (Fsp3) is 0.467. The van der Waals surface area contributed by atoms with Crippen molar-refractivity contribution < 1.29 is 12.8 Å². The third-order valence-electron chi connectivity index (χ3n) is 3.54. The maximum absolute atomic E-state index is 12.9. The van der Waals surface area contributed by atoms with Crippen LogP contribution in [0.3, 0.4) is 0 Å². The van der Waals surface area contributed by atoms with E-state index >= 15 is 0 Å². The van der Waals surface area contributed by atoms with Gasteiger partial charge >= 0.3 is 0 Å². The monoisotopic (exact) mass is 312 g/mol. The molecule has 0 spiro atoms. The first-order valence-corrected chi connectivity index (χ1v) is 8.45. The van der Waals surface area contributed by atoms with E-state index < -0.39 is 15.8 Å². The minimum absolute atomic E-state index is 0.154. The Kier molecular flexibility index (Phi) is 5.13. The van der Waals surface area contributed by atoms with E-state index in [2.05, 4.69) is 24.8 Å². The Morgan fingerprint density at radius 2 is 1.71 bits per heavy atom. The molecule has 2 rings (SSSR count). The normalized spacial score (nSPS) is 17.7. The Bertz CT molecular complexity index is 599. The van der Waals surface area contributed by atoms with Gasteiger partial charge in [0.05, 0.1) is 4.90 Å². The molecule has 0 bridgehead atoms. The summed E-state index contributed by atoms with van der Waals surface area (Å²) in [6.07, 6.45) is 2.14. The van der Waals surface area contributed by atoms with Crippen LogP contribution in [0.2, 0.25) is 0 Å². The number of piperazine rings is 1. The van der Waals surface area contributed by atoms with E-state index in [-0.39, 0.29) is 4.90 Å². The van der Waals surface area contributed by atoms with Crippen LogP contribution in [0.25, 0.3) is 0 Å². The second-order valence-corrected chi connectivity index (χ2v) is 7.38. The van der Waals surface area contributed by atoms with E-state index in [1.165, 1.54) is 34.1 Å². The Balaban J connectivity index is 2.01. The van der Waals surface area contributed by atoms with Gasteiger partial charge in [-0.05, 0) is 38.1 Å². The average Bonchev–Trinajstić information content (AvgIpc) is 2.46. The number of sulfonamides is 1. The highest BCUT2D eigenvalue weighted by molar-refractivity contribution is 7.89. The van der Waals surface area contributed by atoms with Crippen LogP contribution in [0.5, 0.6) is 0 Å². The number of rotatable bonds is 4. The van der Waals surface area contributed by atoms with Gasteiger partial charge in [-0.2, -0.15) is 4.31 Å². The van der Waals surface area contributed by atoms with Gasteiger partial charge in [0, 0.05) is 32.7 Å². The minimum Gasteiger partial charge on any atom is -0.297 e. The first kappa shape index (κ1) is 16.1. The number of allylic oxidation sites excluding steroid dienone is 1. The molecule has 0 N–H and O–H groups in total. The van der Waals surface area contributed by atoms with Crippen LogP contribution in [-0.4, -0.2) is 50.3 Å². The summed E-state index contributed by atoms with van der Waals surface area (Å²) in [5, 5.41) is 0. The zero-order valence-corrected chi connectivity index (χ0v) is 13.2. The quantitative estimate of drug-likeness (QED) is 0.800. The Morgan fingerprint density at radius 3 is 2.24 bits per heavy atom. The van der Waals surface area contributed by atoms with Crippen LogP contribution >= 0.6 is 0 Å². The van der Waals surface area contributed by atoms with Gasteiger partial charge in [-0.3, -0.25) is 4.90 Å². The molecule has 1 aromatic carbocycles. The van der Waals surface area contributed by atoms with Crippen LogP contribution in [0.1, 0.15) is 13.8 Å². The first-order valence-electron chi connectivity index (χ1n) is 7.01. The molecule has 0 unspecified atom stereocenters. The lowest BCUT2D eigenvalue weighted by Gasteiger charge is -2.33. The summed E-state index contributed by atoms with van der Waals surface area (Å²) < 4.78 is 39.3. The van der Waals surface area contributed by atoms with Gasteiger partial charge in [0.15, 0.2) is 0 Å². The van der Waals surface area contributed by atoms with Crippen molar-refractivity contribution in [1.82, 2.24) is 9.21 Å². The summed E-state index contributed by atoms with van der Waals surface area (Å²) in [6, 6.07) is 5.00. The third kappa shape index (κ3) is 4.12. The lowest BCUT2D eigenvalue weighted by atomic mass is 10.3. The molecule has 1 aliphatic heterocycles. The molecule has 1 heterocycles. The van der Waals surface area contributed by atoms with Gasteiger partial charge in [-0.25, -0.2) is 12.8 Å². The van der Waals surface area contributed by atoms with E-state index in [4.69, 9.17) is 0 Å². The van der Waals surface area contributed by atoms with Gasteiger partial charge in [0.1, 0.15) is 5.82 Å². The molecule has 1 aromatic rings. The molecule has 1 saturated heterocycles. The van der Waals surface area contributed by atoms with Crippen molar-refractivity contribution in [2.75, 3.05) is 32.7 Å². The minimum atomic E-state index is -3.51. The molecular weight excluding hydrogens is 291 g/mol. The number of hydrogen-bond donors (Lipinski definition) is 0. The number of hydrogen-bond acceptors (Lipinski definition) is 3. The van der Waals surface area contributed by atoms with Crippen LogP contribution in [0.4, 0.5) is 4.39 Å². The SMILES string of the molecule is CC(C)=CCN1CCN(S(=O)(=O)c2ccc(F)cc2)CC1. The summed E-state index contributed by atoms with van der Waals surface area (Å²) >= 11 is 0. The Labute approximate surface area is 125 Å². The molecule has 4 nitrogen and oxygen atoms in total. The molecular formula is C15H21FN2O2S. The van der Waals surface area contributed by atoms with Gasteiger partial charge in [-0.1, -0.05) is 11.6 Å². The fourth-order valence-corrected chi connectivity index (χ4v) is 3.64. The van der Waals surface area contributed by atoms with Crippen molar-refractivity contribution in [3.63, 3.8) is 0 Å². The lowest BCUT2D eigenvalue weighted by molar-refractivity contribution is 0.204. The standard InChI is InChI=1S/C15H21FN2O2S/c1-13(2)7-8-17-9-11-18(12-10-17)21(19,20)15-5-3-14(16)4-6-15/h3-7H,8-12H2,1-2H3. The van der Waals surface area contributed by atoms with Crippen LogP contribution < -0.4 is 0 Å². The maximum atomic E-state index is 12.9. The third-order valence-corrected chi connectivity index (χ3v) is 5.45. The van der Waals surface area contributed by atoms with Crippen molar-refractivity contribution in [3.05, 3.63) is 41.7 Å².